The Kier molecular flexibility index (Phi) is 6.53. The van der Waals surface area contributed by atoms with Gasteiger partial charge in [-0.25, -0.2) is 4.99 Å². The van der Waals surface area contributed by atoms with Gasteiger partial charge in [0.1, 0.15) is 12.1 Å². The van der Waals surface area contributed by atoms with Crippen LogP contribution < -0.4 is 10.6 Å². The third-order valence-electron chi connectivity index (χ3n) is 1.47. The van der Waals surface area contributed by atoms with Crippen LogP contribution in [0.15, 0.2) is 4.99 Å². The number of carbonyl (C=O) groups excluding carboxylic acids is 1. The number of guanidine groups is 1. The Morgan fingerprint density at radius 2 is 1.69 bits per heavy atom. The lowest BCUT2D eigenvalue weighted by molar-refractivity contribution is -0.152. The summed E-state index contributed by atoms with van der Waals surface area (Å²) in [5, 5.41) is 6.07. The van der Waals surface area contributed by atoms with E-state index in [0.717, 1.165) is 13.1 Å². The van der Waals surface area contributed by atoms with Crippen LogP contribution in [0.4, 0.5) is 0 Å². The molecule has 0 heterocycles. The van der Waals surface area contributed by atoms with Crippen molar-refractivity contribution in [2.45, 2.75) is 40.2 Å². The van der Waals surface area contributed by atoms with Gasteiger partial charge in [-0.3, -0.25) is 4.79 Å². The quantitative estimate of drug-likeness (QED) is 0.427. The Balaban J connectivity index is 4.15. The first-order valence-electron chi connectivity index (χ1n) is 5.63. The van der Waals surface area contributed by atoms with Gasteiger partial charge in [0, 0.05) is 13.1 Å². The molecule has 0 rings (SSSR count). The normalized spacial score (nSPS) is 10.6. The van der Waals surface area contributed by atoms with Gasteiger partial charge >= 0.3 is 5.97 Å². The molecule has 5 heteroatoms. The van der Waals surface area contributed by atoms with Gasteiger partial charge in [-0.05, 0) is 34.6 Å². The number of nitrogens with zero attached hydrogens (tertiary/aromatic N) is 1. The van der Waals surface area contributed by atoms with Crippen molar-refractivity contribution in [1.82, 2.24) is 10.6 Å². The van der Waals surface area contributed by atoms with Gasteiger partial charge < -0.3 is 15.4 Å². The average Bonchev–Trinajstić information content (AvgIpc) is 2.12. The molecule has 0 spiro atoms. The SMILES string of the molecule is CCNC(=NCC(=O)OC(C)(C)C)NCC. The smallest absolute Gasteiger partial charge is 0.328 e. The fraction of sp³-hybridized carbons (Fsp3) is 0.818. The van der Waals surface area contributed by atoms with Crippen molar-refractivity contribution < 1.29 is 9.53 Å². The zero-order chi connectivity index (χ0) is 12.6. The van der Waals surface area contributed by atoms with Gasteiger partial charge in [0.05, 0.1) is 0 Å². The van der Waals surface area contributed by atoms with E-state index >= 15 is 0 Å². The van der Waals surface area contributed by atoms with Gasteiger partial charge in [0.15, 0.2) is 5.96 Å². The largest absolute Gasteiger partial charge is 0.459 e. The molecular weight excluding hydrogens is 206 g/mol. The minimum atomic E-state index is -0.455. The molecule has 0 atom stereocenters. The van der Waals surface area contributed by atoms with Crippen molar-refractivity contribution in [2.24, 2.45) is 4.99 Å². The summed E-state index contributed by atoms with van der Waals surface area (Å²) in [6, 6.07) is 0. The van der Waals surface area contributed by atoms with Crippen molar-refractivity contribution in [3.63, 3.8) is 0 Å². The number of hydrogen-bond donors (Lipinski definition) is 2. The molecule has 0 radical (unpaired) electrons. The Morgan fingerprint density at radius 1 is 1.19 bits per heavy atom. The summed E-state index contributed by atoms with van der Waals surface area (Å²) in [5.74, 6) is 0.316. The average molecular weight is 229 g/mol. The lowest BCUT2D eigenvalue weighted by atomic mass is 10.2. The van der Waals surface area contributed by atoms with E-state index < -0.39 is 5.60 Å². The van der Waals surface area contributed by atoms with E-state index in [1.54, 1.807) is 0 Å². The molecule has 16 heavy (non-hydrogen) atoms. The topological polar surface area (TPSA) is 62.7 Å². The minimum Gasteiger partial charge on any atom is -0.459 e. The first-order valence-corrected chi connectivity index (χ1v) is 5.63. The summed E-state index contributed by atoms with van der Waals surface area (Å²) in [4.78, 5) is 15.5. The molecule has 0 aromatic carbocycles. The molecule has 94 valence electrons. The van der Waals surface area contributed by atoms with E-state index in [9.17, 15) is 4.79 Å². The molecule has 0 aliphatic rings. The van der Waals surface area contributed by atoms with Crippen molar-refractivity contribution in [2.75, 3.05) is 19.6 Å². The summed E-state index contributed by atoms with van der Waals surface area (Å²) in [6.45, 7) is 11.0. The Morgan fingerprint density at radius 3 is 2.06 bits per heavy atom. The van der Waals surface area contributed by atoms with Gasteiger partial charge in [-0.15, -0.1) is 0 Å². The van der Waals surface area contributed by atoms with Crippen LogP contribution in [0.25, 0.3) is 0 Å². The highest BCUT2D eigenvalue weighted by Gasteiger charge is 2.15. The fourth-order valence-electron chi connectivity index (χ4n) is 1.03. The van der Waals surface area contributed by atoms with Gasteiger partial charge in [0.25, 0.3) is 0 Å². The monoisotopic (exact) mass is 229 g/mol. The third-order valence-corrected chi connectivity index (χ3v) is 1.47. The van der Waals surface area contributed by atoms with Crippen LogP contribution in [0, 0.1) is 0 Å². The molecule has 0 fully saturated rings. The molecule has 0 aliphatic carbocycles. The number of carbonyl (C=O) groups is 1. The highest BCUT2D eigenvalue weighted by Crippen LogP contribution is 2.06. The Labute approximate surface area is 97.7 Å². The van der Waals surface area contributed by atoms with Crippen LogP contribution in [0.3, 0.4) is 0 Å². The zero-order valence-electron chi connectivity index (χ0n) is 10.9. The predicted octanol–water partition coefficient (Wildman–Crippen LogP) is 0.903. The van der Waals surface area contributed by atoms with Gasteiger partial charge in [-0.2, -0.15) is 0 Å². The van der Waals surface area contributed by atoms with Crippen molar-refractivity contribution in [3.8, 4) is 0 Å². The second kappa shape index (κ2) is 7.09. The maximum atomic E-state index is 11.4. The van der Waals surface area contributed by atoms with E-state index in [-0.39, 0.29) is 12.5 Å². The molecule has 0 bridgehead atoms. The van der Waals surface area contributed by atoms with Gasteiger partial charge in [-0.1, -0.05) is 0 Å². The first kappa shape index (κ1) is 14.7. The van der Waals surface area contributed by atoms with Crippen LogP contribution in [0.1, 0.15) is 34.6 Å². The molecule has 0 aromatic heterocycles. The van der Waals surface area contributed by atoms with Crippen LogP contribution in [0.2, 0.25) is 0 Å². The van der Waals surface area contributed by atoms with E-state index in [0.29, 0.717) is 5.96 Å². The number of ether oxygens (including phenoxy) is 1. The summed E-state index contributed by atoms with van der Waals surface area (Å²) >= 11 is 0. The number of hydrogen-bond acceptors (Lipinski definition) is 3. The van der Waals surface area contributed by atoms with Crippen molar-refractivity contribution in [1.29, 1.82) is 0 Å². The van der Waals surface area contributed by atoms with Crippen molar-refractivity contribution in [3.05, 3.63) is 0 Å². The highest BCUT2D eigenvalue weighted by atomic mass is 16.6. The maximum absolute atomic E-state index is 11.4. The summed E-state index contributed by atoms with van der Waals surface area (Å²) in [7, 11) is 0. The van der Waals surface area contributed by atoms with E-state index in [1.165, 1.54) is 0 Å². The summed E-state index contributed by atoms with van der Waals surface area (Å²) < 4.78 is 5.14. The van der Waals surface area contributed by atoms with E-state index in [4.69, 9.17) is 4.74 Å². The molecule has 0 aliphatic heterocycles. The predicted molar refractivity (Wildman–Crippen MR) is 65.5 cm³/mol. The number of esters is 1. The zero-order valence-corrected chi connectivity index (χ0v) is 10.9. The fourth-order valence-corrected chi connectivity index (χ4v) is 1.03. The van der Waals surface area contributed by atoms with E-state index in [2.05, 4.69) is 15.6 Å². The molecule has 0 unspecified atom stereocenters. The molecule has 0 amide bonds. The molecule has 5 nitrogen and oxygen atoms in total. The molecular formula is C11H23N3O2. The van der Waals surface area contributed by atoms with Crippen LogP contribution >= 0.6 is 0 Å². The van der Waals surface area contributed by atoms with Crippen LogP contribution in [-0.2, 0) is 9.53 Å². The lowest BCUT2D eigenvalue weighted by Gasteiger charge is -2.18. The number of rotatable bonds is 4. The minimum absolute atomic E-state index is 0.0343. The van der Waals surface area contributed by atoms with Crippen LogP contribution in [0.5, 0.6) is 0 Å². The third kappa shape index (κ3) is 8.08. The van der Waals surface area contributed by atoms with Crippen LogP contribution in [-0.4, -0.2) is 37.2 Å². The number of nitrogens with one attached hydrogen (secondary N) is 2. The molecule has 0 saturated heterocycles. The second-order valence-corrected chi connectivity index (χ2v) is 4.31. The van der Waals surface area contributed by atoms with Gasteiger partial charge in [0.2, 0.25) is 0 Å². The number of aliphatic imine (C=N–C) groups is 1. The lowest BCUT2D eigenvalue weighted by Crippen LogP contribution is -2.37. The van der Waals surface area contributed by atoms with E-state index in [1.807, 2.05) is 34.6 Å². The van der Waals surface area contributed by atoms with Crippen molar-refractivity contribution >= 4 is 11.9 Å². The Bertz CT molecular complexity index is 236. The first-order chi connectivity index (χ1) is 7.39. The standard InChI is InChI=1S/C11H23N3O2/c1-6-12-10(13-7-2)14-8-9(15)16-11(3,4)5/h6-8H2,1-5H3,(H2,12,13,14). The Hall–Kier alpha value is -1.26. The molecule has 0 saturated carbocycles. The summed E-state index contributed by atoms with van der Waals surface area (Å²) in [6.07, 6.45) is 0. The molecule has 2 N–H and O–H groups in total. The highest BCUT2D eigenvalue weighted by molar-refractivity contribution is 5.82. The maximum Gasteiger partial charge on any atom is 0.328 e. The summed E-state index contributed by atoms with van der Waals surface area (Å²) in [5.41, 5.74) is -0.455. The second-order valence-electron chi connectivity index (χ2n) is 4.31. The molecule has 0 aromatic rings.